The van der Waals surface area contributed by atoms with Gasteiger partial charge in [-0.1, -0.05) is 12.1 Å². The Hall–Kier alpha value is -0.670. The van der Waals surface area contributed by atoms with Crippen LogP contribution in [-0.4, -0.2) is 30.1 Å². The molecule has 1 saturated carbocycles. The number of benzene rings is 1. The fourth-order valence-corrected chi connectivity index (χ4v) is 3.80. The van der Waals surface area contributed by atoms with Crippen molar-refractivity contribution in [2.75, 3.05) is 23.0 Å². The summed E-state index contributed by atoms with van der Waals surface area (Å²) in [6.45, 7) is 6.81. The number of hydrogen-bond donors (Lipinski definition) is 1. The van der Waals surface area contributed by atoms with Crippen LogP contribution in [0.2, 0.25) is 0 Å². The normalized spacial score (nSPS) is 23.7. The van der Waals surface area contributed by atoms with Gasteiger partial charge in [0.05, 0.1) is 0 Å². The number of anilines is 1. The minimum Gasteiger partial charge on any atom is -0.367 e. The van der Waals surface area contributed by atoms with E-state index in [9.17, 15) is 0 Å². The van der Waals surface area contributed by atoms with Gasteiger partial charge in [-0.3, -0.25) is 0 Å². The highest BCUT2D eigenvalue weighted by atomic mass is 32.2. The zero-order valence-corrected chi connectivity index (χ0v) is 12.8. The van der Waals surface area contributed by atoms with Crippen molar-refractivity contribution in [2.45, 2.75) is 45.3 Å². The van der Waals surface area contributed by atoms with Crippen LogP contribution in [0.1, 0.15) is 30.9 Å². The molecule has 19 heavy (non-hydrogen) atoms. The van der Waals surface area contributed by atoms with Crippen LogP contribution < -0.4 is 10.2 Å². The fraction of sp³-hybridized carbons (Fsp3) is 0.625. The van der Waals surface area contributed by atoms with E-state index in [1.807, 2.05) is 0 Å². The lowest BCUT2D eigenvalue weighted by Crippen LogP contribution is -2.40. The first-order chi connectivity index (χ1) is 9.24. The minimum absolute atomic E-state index is 0.660. The van der Waals surface area contributed by atoms with Crippen molar-refractivity contribution >= 4 is 17.4 Å². The van der Waals surface area contributed by atoms with Crippen molar-refractivity contribution in [2.24, 2.45) is 0 Å². The fourth-order valence-electron chi connectivity index (χ4n) is 2.78. The summed E-state index contributed by atoms with van der Waals surface area (Å²) in [4.78, 5) is 2.57. The molecule has 3 heteroatoms. The SMILES string of the molecule is Cc1cc(CNC2CC2)ccc1N1CCSCC1C. The molecular formula is C16H24N2S. The quantitative estimate of drug-likeness (QED) is 0.909. The molecule has 1 aliphatic heterocycles. The van der Waals surface area contributed by atoms with Gasteiger partial charge in [0.1, 0.15) is 0 Å². The van der Waals surface area contributed by atoms with Crippen molar-refractivity contribution in [1.82, 2.24) is 5.32 Å². The summed E-state index contributed by atoms with van der Waals surface area (Å²) < 4.78 is 0. The molecule has 104 valence electrons. The summed E-state index contributed by atoms with van der Waals surface area (Å²) >= 11 is 2.08. The second-order valence-electron chi connectivity index (χ2n) is 5.89. The second-order valence-corrected chi connectivity index (χ2v) is 7.04. The average Bonchev–Trinajstić information content (AvgIpc) is 3.22. The predicted octanol–water partition coefficient (Wildman–Crippen LogP) is 3.19. The molecule has 1 aromatic rings. The number of nitrogens with one attached hydrogen (secondary N) is 1. The molecule has 0 radical (unpaired) electrons. The molecule has 1 unspecified atom stereocenters. The average molecular weight is 276 g/mol. The summed E-state index contributed by atoms with van der Waals surface area (Å²) in [5.41, 5.74) is 4.28. The Kier molecular flexibility index (Phi) is 4.04. The molecule has 0 aromatic heterocycles. The molecule has 2 fully saturated rings. The smallest absolute Gasteiger partial charge is 0.0399 e. The van der Waals surface area contributed by atoms with Gasteiger partial charge in [0.2, 0.25) is 0 Å². The molecule has 0 bridgehead atoms. The maximum Gasteiger partial charge on any atom is 0.0399 e. The van der Waals surface area contributed by atoms with E-state index >= 15 is 0 Å². The maximum atomic E-state index is 3.59. The van der Waals surface area contributed by atoms with Crippen LogP contribution in [-0.2, 0) is 6.54 Å². The Bertz CT molecular complexity index is 442. The van der Waals surface area contributed by atoms with Gasteiger partial charge in [-0.15, -0.1) is 0 Å². The summed E-state index contributed by atoms with van der Waals surface area (Å²) in [5.74, 6) is 2.51. The number of aryl methyl sites for hydroxylation is 1. The molecule has 1 saturated heterocycles. The summed E-state index contributed by atoms with van der Waals surface area (Å²) in [6.07, 6.45) is 2.72. The first kappa shape index (κ1) is 13.3. The molecule has 1 heterocycles. The van der Waals surface area contributed by atoms with E-state index in [1.165, 1.54) is 47.7 Å². The van der Waals surface area contributed by atoms with Crippen LogP contribution in [0.5, 0.6) is 0 Å². The van der Waals surface area contributed by atoms with Crippen molar-refractivity contribution in [3.63, 3.8) is 0 Å². The third-order valence-corrected chi connectivity index (χ3v) is 5.30. The third kappa shape index (κ3) is 3.26. The van der Waals surface area contributed by atoms with E-state index in [-0.39, 0.29) is 0 Å². The highest BCUT2D eigenvalue weighted by Crippen LogP contribution is 2.28. The zero-order valence-electron chi connectivity index (χ0n) is 12.0. The Balaban J connectivity index is 1.70. The van der Waals surface area contributed by atoms with Gasteiger partial charge in [-0.25, -0.2) is 0 Å². The van der Waals surface area contributed by atoms with Gasteiger partial charge >= 0.3 is 0 Å². The molecule has 2 nitrogen and oxygen atoms in total. The van der Waals surface area contributed by atoms with Crippen LogP contribution in [0.25, 0.3) is 0 Å². The molecule has 1 atom stereocenters. The molecule has 1 N–H and O–H groups in total. The monoisotopic (exact) mass is 276 g/mol. The van der Waals surface area contributed by atoms with Crippen molar-refractivity contribution in [1.29, 1.82) is 0 Å². The Morgan fingerprint density at radius 3 is 2.89 bits per heavy atom. The van der Waals surface area contributed by atoms with Gasteiger partial charge in [-0.2, -0.15) is 11.8 Å². The molecular weight excluding hydrogens is 252 g/mol. The van der Waals surface area contributed by atoms with E-state index in [2.05, 4.69) is 54.0 Å². The molecule has 2 aliphatic rings. The summed E-state index contributed by atoms with van der Waals surface area (Å²) in [7, 11) is 0. The second kappa shape index (κ2) is 5.76. The van der Waals surface area contributed by atoms with E-state index in [0.29, 0.717) is 6.04 Å². The lowest BCUT2D eigenvalue weighted by Gasteiger charge is -2.36. The van der Waals surface area contributed by atoms with Gasteiger partial charge < -0.3 is 10.2 Å². The van der Waals surface area contributed by atoms with Crippen LogP contribution >= 0.6 is 11.8 Å². The van der Waals surface area contributed by atoms with Crippen LogP contribution in [0.15, 0.2) is 18.2 Å². The van der Waals surface area contributed by atoms with E-state index < -0.39 is 0 Å². The van der Waals surface area contributed by atoms with Crippen LogP contribution in [0.4, 0.5) is 5.69 Å². The number of hydrogen-bond acceptors (Lipinski definition) is 3. The molecule has 1 aliphatic carbocycles. The van der Waals surface area contributed by atoms with E-state index in [0.717, 1.165) is 12.6 Å². The van der Waals surface area contributed by atoms with Crippen molar-refractivity contribution < 1.29 is 0 Å². The predicted molar refractivity (Wildman–Crippen MR) is 85.2 cm³/mol. The van der Waals surface area contributed by atoms with Gasteiger partial charge in [-0.05, 0) is 43.9 Å². The van der Waals surface area contributed by atoms with Crippen LogP contribution in [0.3, 0.4) is 0 Å². The lowest BCUT2D eigenvalue weighted by molar-refractivity contribution is 0.684. The minimum atomic E-state index is 0.660. The maximum absolute atomic E-state index is 3.59. The summed E-state index contributed by atoms with van der Waals surface area (Å²) in [5, 5.41) is 3.59. The largest absolute Gasteiger partial charge is 0.367 e. The molecule has 0 spiro atoms. The topological polar surface area (TPSA) is 15.3 Å². The van der Waals surface area contributed by atoms with E-state index in [1.54, 1.807) is 0 Å². The lowest BCUT2D eigenvalue weighted by atomic mass is 10.1. The summed E-state index contributed by atoms with van der Waals surface area (Å²) in [6, 6.07) is 8.43. The van der Waals surface area contributed by atoms with Gasteiger partial charge in [0.25, 0.3) is 0 Å². The Labute approximate surface area is 121 Å². The van der Waals surface area contributed by atoms with E-state index in [4.69, 9.17) is 0 Å². The van der Waals surface area contributed by atoms with Gasteiger partial charge in [0, 0.05) is 42.4 Å². The third-order valence-electron chi connectivity index (χ3n) is 4.11. The molecule has 0 amide bonds. The first-order valence-electron chi connectivity index (χ1n) is 7.41. The molecule has 1 aromatic carbocycles. The Morgan fingerprint density at radius 1 is 1.37 bits per heavy atom. The van der Waals surface area contributed by atoms with Crippen molar-refractivity contribution in [3.05, 3.63) is 29.3 Å². The Morgan fingerprint density at radius 2 is 2.21 bits per heavy atom. The zero-order chi connectivity index (χ0) is 13.2. The van der Waals surface area contributed by atoms with Gasteiger partial charge in [0.15, 0.2) is 0 Å². The number of thioether (sulfide) groups is 1. The number of nitrogens with zero attached hydrogens (tertiary/aromatic N) is 1. The highest BCUT2D eigenvalue weighted by Gasteiger charge is 2.21. The van der Waals surface area contributed by atoms with Crippen LogP contribution in [0, 0.1) is 6.92 Å². The highest BCUT2D eigenvalue weighted by molar-refractivity contribution is 7.99. The van der Waals surface area contributed by atoms with Crippen molar-refractivity contribution in [3.8, 4) is 0 Å². The first-order valence-corrected chi connectivity index (χ1v) is 8.57. The standard InChI is InChI=1S/C16H24N2S/c1-12-9-14(10-17-15-4-5-15)3-6-16(12)18-7-8-19-11-13(18)2/h3,6,9,13,15,17H,4-5,7-8,10-11H2,1-2H3. The molecule has 3 rings (SSSR count). The number of rotatable bonds is 4.